The van der Waals surface area contributed by atoms with E-state index in [1.807, 2.05) is 12.2 Å². The van der Waals surface area contributed by atoms with Gasteiger partial charge in [-0.3, -0.25) is 9.59 Å². The van der Waals surface area contributed by atoms with E-state index in [0.29, 0.717) is 27.7 Å². The van der Waals surface area contributed by atoms with Gasteiger partial charge in [-0.2, -0.15) is 0 Å². The number of halogens is 1. The second kappa shape index (κ2) is 7.41. The van der Waals surface area contributed by atoms with Gasteiger partial charge in [-0.1, -0.05) is 29.8 Å². The minimum absolute atomic E-state index is 0.0989. The third-order valence-electron chi connectivity index (χ3n) is 5.26. The van der Waals surface area contributed by atoms with Gasteiger partial charge in [0.05, 0.1) is 21.5 Å². The van der Waals surface area contributed by atoms with Crippen LogP contribution in [0.3, 0.4) is 0 Å². The summed E-state index contributed by atoms with van der Waals surface area (Å²) in [5.41, 5.74) is 0.793. The van der Waals surface area contributed by atoms with Crippen LogP contribution in [0.25, 0.3) is 0 Å². The topological polar surface area (TPSA) is 98.3 Å². The van der Waals surface area contributed by atoms with Crippen LogP contribution in [-0.4, -0.2) is 17.8 Å². The number of thiophene rings is 1. The first-order valence-electron chi connectivity index (χ1n) is 8.78. The number of nitrogens with one attached hydrogen (secondary N) is 2. The molecule has 1 aromatic carbocycles. The van der Waals surface area contributed by atoms with E-state index < -0.39 is 17.8 Å². The van der Waals surface area contributed by atoms with Gasteiger partial charge < -0.3 is 20.5 Å². The molecule has 0 saturated heterocycles. The van der Waals surface area contributed by atoms with Crippen molar-refractivity contribution in [2.45, 2.75) is 6.42 Å². The molecule has 1 aromatic heterocycles. The van der Waals surface area contributed by atoms with Gasteiger partial charge in [0, 0.05) is 17.6 Å². The lowest BCUT2D eigenvalue weighted by atomic mass is 9.82. The number of allylic oxidation sites excluding steroid dienone is 2. The van der Waals surface area contributed by atoms with Gasteiger partial charge in [-0.25, -0.2) is 0 Å². The minimum atomic E-state index is -1.20. The highest BCUT2D eigenvalue weighted by Gasteiger charge is 2.48. The van der Waals surface area contributed by atoms with Gasteiger partial charge in [0.1, 0.15) is 0 Å². The molecule has 1 heterocycles. The van der Waals surface area contributed by atoms with Crippen molar-refractivity contribution in [3.05, 3.63) is 57.8 Å². The van der Waals surface area contributed by atoms with Crippen molar-refractivity contribution in [1.29, 1.82) is 0 Å². The normalized spacial score (nSPS) is 24.9. The third-order valence-corrected chi connectivity index (χ3v) is 6.46. The van der Waals surface area contributed by atoms with E-state index >= 15 is 0 Å². The van der Waals surface area contributed by atoms with E-state index in [1.54, 1.807) is 35.7 Å². The number of anilines is 2. The number of carboxylic acids is 1. The second-order valence-corrected chi connectivity index (χ2v) is 8.29. The van der Waals surface area contributed by atoms with Crippen LogP contribution in [0.5, 0.6) is 0 Å². The van der Waals surface area contributed by atoms with Crippen molar-refractivity contribution >= 4 is 52.1 Å². The fourth-order valence-corrected chi connectivity index (χ4v) is 4.80. The van der Waals surface area contributed by atoms with E-state index in [9.17, 15) is 19.5 Å². The summed E-state index contributed by atoms with van der Waals surface area (Å²) in [6, 6.07) is 8.20. The van der Waals surface area contributed by atoms with Crippen LogP contribution in [0.4, 0.5) is 11.4 Å². The molecule has 1 saturated carbocycles. The van der Waals surface area contributed by atoms with Gasteiger partial charge in [0.15, 0.2) is 0 Å². The predicted octanol–water partition coefficient (Wildman–Crippen LogP) is 2.78. The van der Waals surface area contributed by atoms with Crippen molar-refractivity contribution in [1.82, 2.24) is 0 Å². The van der Waals surface area contributed by atoms with Crippen LogP contribution in [0.2, 0.25) is 5.02 Å². The maximum atomic E-state index is 12.8. The minimum Gasteiger partial charge on any atom is -0.550 e. The number of rotatable bonds is 5. The molecule has 2 amide bonds. The van der Waals surface area contributed by atoms with E-state index in [4.69, 9.17) is 11.6 Å². The van der Waals surface area contributed by atoms with Gasteiger partial charge in [-0.05, 0) is 47.9 Å². The Hall–Kier alpha value is -2.64. The van der Waals surface area contributed by atoms with E-state index in [-0.39, 0.29) is 23.7 Å². The van der Waals surface area contributed by atoms with Crippen LogP contribution >= 0.6 is 22.9 Å². The number of amides is 2. The number of carbonyl (C=O) groups is 3. The lowest BCUT2D eigenvalue weighted by Gasteiger charge is -2.27. The largest absolute Gasteiger partial charge is 0.550 e. The van der Waals surface area contributed by atoms with Crippen LogP contribution < -0.4 is 15.7 Å². The number of carbonyl (C=O) groups excluding carboxylic acids is 3. The van der Waals surface area contributed by atoms with Crippen LogP contribution in [0.1, 0.15) is 16.1 Å². The van der Waals surface area contributed by atoms with Gasteiger partial charge in [-0.15, -0.1) is 11.3 Å². The van der Waals surface area contributed by atoms with Gasteiger partial charge in [0.25, 0.3) is 5.91 Å². The average molecular weight is 416 g/mol. The van der Waals surface area contributed by atoms with Crippen molar-refractivity contribution in [3.8, 4) is 0 Å². The maximum absolute atomic E-state index is 12.8. The Labute approximate surface area is 170 Å². The molecular formula is C20H16ClN2O4S-. The molecule has 0 aliphatic heterocycles. The van der Waals surface area contributed by atoms with Crippen LogP contribution in [-0.2, 0) is 9.59 Å². The molecule has 28 heavy (non-hydrogen) atoms. The first-order chi connectivity index (χ1) is 13.4. The number of carboxylic acid groups (broad SMARTS) is 1. The molecule has 8 heteroatoms. The van der Waals surface area contributed by atoms with Crippen molar-refractivity contribution < 1.29 is 19.5 Å². The number of benzene rings is 1. The molecule has 6 nitrogen and oxygen atoms in total. The van der Waals surface area contributed by atoms with Crippen LogP contribution in [0, 0.1) is 23.7 Å². The Kier molecular flexibility index (Phi) is 4.95. The zero-order valence-electron chi connectivity index (χ0n) is 14.6. The van der Waals surface area contributed by atoms with E-state index in [2.05, 4.69) is 10.6 Å². The monoisotopic (exact) mass is 415 g/mol. The molecule has 2 aliphatic carbocycles. The molecule has 2 aliphatic rings. The van der Waals surface area contributed by atoms with Crippen molar-refractivity contribution in [2.24, 2.45) is 23.7 Å². The highest BCUT2D eigenvalue weighted by atomic mass is 35.5. The third kappa shape index (κ3) is 3.43. The molecule has 0 spiro atoms. The lowest BCUT2D eigenvalue weighted by Crippen LogP contribution is -2.42. The summed E-state index contributed by atoms with van der Waals surface area (Å²) in [6.07, 6.45) is 4.41. The quantitative estimate of drug-likeness (QED) is 0.733. The summed E-state index contributed by atoms with van der Waals surface area (Å²) in [6.45, 7) is 0. The Morgan fingerprint density at radius 2 is 1.82 bits per heavy atom. The first kappa shape index (κ1) is 18.7. The Balaban J connectivity index is 1.51. The highest BCUT2D eigenvalue weighted by molar-refractivity contribution is 7.12. The Bertz CT molecular complexity index is 973. The van der Waals surface area contributed by atoms with Crippen LogP contribution in [0.15, 0.2) is 47.9 Å². The molecule has 4 atom stereocenters. The summed E-state index contributed by atoms with van der Waals surface area (Å²) in [5, 5.41) is 19.1. The number of fused-ring (bicyclic) bond motifs is 2. The average Bonchev–Trinajstić information content (AvgIpc) is 3.40. The molecule has 2 N–H and O–H groups in total. The Morgan fingerprint density at radius 1 is 1.07 bits per heavy atom. The molecule has 144 valence electrons. The fraction of sp³-hybridized carbons (Fsp3) is 0.250. The predicted molar refractivity (Wildman–Crippen MR) is 105 cm³/mol. The SMILES string of the molecule is O=C(Nc1cc(NC(=O)[C@H]2[C@@H](C(=O)[O-])[C@H]3C=C[C@@H]2C3)ccc1Cl)c1cccs1. The summed E-state index contributed by atoms with van der Waals surface area (Å²) >= 11 is 7.47. The van der Waals surface area contributed by atoms with E-state index in [1.165, 1.54) is 11.3 Å². The van der Waals surface area contributed by atoms with Gasteiger partial charge in [0.2, 0.25) is 5.91 Å². The number of aliphatic carboxylic acids is 1. The summed E-state index contributed by atoms with van der Waals surface area (Å²) in [7, 11) is 0. The number of hydrogen-bond donors (Lipinski definition) is 2. The summed E-state index contributed by atoms with van der Waals surface area (Å²) in [5.74, 6) is -3.61. The maximum Gasteiger partial charge on any atom is 0.265 e. The zero-order chi connectivity index (χ0) is 19.8. The van der Waals surface area contributed by atoms with Crippen molar-refractivity contribution in [3.63, 3.8) is 0 Å². The first-order valence-corrected chi connectivity index (χ1v) is 10.0. The molecule has 2 bridgehead atoms. The molecule has 1 fully saturated rings. The molecule has 4 rings (SSSR count). The smallest absolute Gasteiger partial charge is 0.265 e. The lowest BCUT2D eigenvalue weighted by molar-refractivity contribution is -0.313. The standard InChI is InChI=1S/C20H17ClN2O4S/c21-13-6-5-12(9-14(13)23-18(24)15-2-1-7-28-15)22-19(25)16-10-3-4-11(8-10)17(16)20(26)27/h1-7,9-11,16-17H,8H2,(H,22,25)(H,23,24)(H,26,27)/p-1/t10-,11+,16-,17+/m1/s1. The van der Waals surface area contributed by atoms with Crippen molar-refractivity contribution in [2.75, 3.05) is 10.6 Å². The second-order valence-electron chi connectivity index (χ2n) is 6.93. The molecule has 0 unspecified atom stereocenters. The molecule has 0 radical (unpaired) electrons. The molecule has 2 aromatic rings. The molecular weight excluding hydrogens is 400 g/mol. The van der Waals surface area contributed by atoms with Gasteiger partial charge >= 0.3 is 0 Å². The Morgan fingerprint density at radius 3 is 2.50 bits per heavy atom. The summed E-state index contributed by atoms with van der Waals surface area (Å²) in [4.78, 5) is 37.1. The number of hydrogen-bond acceptors (Lipinski definition) is 5. The zero-order valence-corrected chi connectivity index (χ0v) is 16.1. The highest BCUT2D eigenvalue weighted by Crippen LogP contribution is 2.48. The summed E-state index contributed by atoms with van der Waals surface area (Å²) < 4.78 is 0. The van der Waals surface area contributed by atoms with E-state index in [0.717, 1.165) is 0 Å². The fourth-order valence-electron chi connectivity index (χ4n) is 4.02.